The molecule has 1 fully saturated rings. The fraction of sp³-hybridized carbons (Fsp3) is 0.448. The third-order valence-corrected chi connectivity index (χ3v) is 7.77. The van der Waals surface area contributed by atoms with Crippen molar-refractivity contribution in [2.45, 2.75) is 45.0 Å². The van der Waals surface area contributed by atoms with Crippen LogP contribution in [0.5, 0.6) is 5.75 Å². The summed E-state index contributed by atoms with van der Waals surface area (Å²) in [5, 5.41) is 13.0. The van der Waals surface area contributed by atoms with Gasteiger partial charge in [-0.3, -0.25) is 9.78 Å². The lowest BCUT2D eigenvalue weighted by molar-refractivity contribution is -0.141. The summed E-state index contributed by atoms with van der Waals surface area (Å²) in [6, 6.07) is 6.79. The Morgan fingerprint density at radius 1 is 1.18 bits per heavy atom. The smallest absolute Gasteiger partial charge is 0.303 e. The first-order chi connectivity index (χ1) is 19.1. The third-order valence-electron chi connectivity index (χ3n) is 7.77. The van der Waals surface area contributed by atoms with Gasteiger partial charge in [0.1, 0.15) is 18.6 Å². The number of rotatable bonds is 12. The summed E-state index contributed by atoms with van der Waals surface area (Å²) in [5.41, 5.74) is 0.387. The van der Waals surface area contributed by atoms with E-state index < -0.39 is 41.7 Å². The van der Waals surface area contributed by atoms with E-state index in [4.69, 9.17) is 4.74 Å². The van der Waals surface area contributed by atoms with Crippen molar-refractivity contribution in [3.05, 3.63) is 65.1 Å². The zero-order valence-electron chi connectivity index (χ0n) is 22.2. The summed E-state index contributed by atoms with van der Waals surface area (Å²) in [7, 11) is 1.49. The van der Waals surface area contributed by atoms with E-state index in [1.165, 1.54) is 13.3 Å². The number of piperidine rings is 1. The van der Waals surface area contributed by atoms with Crippen molar-refractivity contribution in [2.75, 3.05) is 38.6 Å². The van der Waals surface area contributed by atoms with Crippen LogP contribution < -0.4 is 10.1 Å². The zero-order chi connectivity index (χ0) is 28.9. The molecule has 6 nitrogen and oxygen atoms in total. The number of nitrogens with one attached hydrogen (secondary N) is 1. The number of ether oxygens (including phenoxy) is 1. The van der Waals surface area contributed by atoms with Crippen LogP contribution in [0.4, 0.5) is 27.6 Å². The molecule has 0 spiro atoms. The van der Waals surface area contributed by atoms with Crippen LogP contribution in [0.3, 0.4) is 0 Å². The van der Waals surface area contributed by atoms with Crippen LogP contribution in [0.2, 0.25) is 0 Å². The maximum atomic E-state index is 15.8. The molecule has 4 rings (SSSR count). The summed E-state index contributed by atoms with van der Waals surface area (Å²) in [5.74, 6) is -4.54. The molecule has 1 aromatic heterocycles. The van der Waals surface area contributed by atoms with Gasteiger partial charge in [0.25, 0.3) is 0 Å². The lowest BCUT2D eigenvalue weighted by Crippen LogP contribution is -2.43. The second-order valence-corrected chi connectivity index (χ2v) is 10.3. The number of hydrogen-bond donors (Lipinski definition) is 2. The van der Waals surface area contributed by atoms with Gasteiger partial charge in [-0.2, -0.15) is 0 Å². The molecule has 2 heterocycles. The number of halogens is 5. The number of carboxylic acids is 1. The zero-order valence-corrected chi connectivity index (χ0v) is 22.2. The minimum Gasteiger partial charge on any atom is -0.497 e. The molecule has 1 aliphatic rings. The molecular weight excluding hydrogens is 533 g/mol. The highest BCUT2D eigenvalue weighted by atomic mass is 19.2. The molecule has 0 bridgehead atoms. The SMILES string of the molecule is COc1ccc2ncc(CF)c(C(F)CCC3(CC(=O)O)CCN(CCNc4cc(F)c(F)c(F)c4)CC3)c2c1. The molecule has 3 aromatic rings. The lowest BCUT2D eigenvalue weighted by atomic mass is 9.71. The third kappa shape index (κ3) is 6.80. The van der Waals surface area contributed by atoms with Gasteiger partial charge in [0.05, 0.1) is 19.0 Å². The van der Waals surface area contributed by atoms with E-state index in [1.807, 2.05) is 0 Å². The molecule has 0 radical (unpaired) electrons. The van der Waals surface area contributed by atoms with Gasteiger partial charge in [0, 0.05) is 53.6 Å². The number of fused-ring (bicyclic) bond motifs is 1. The maximum absolute atomic E-state index is 15.8. The van der Waals surface area contributed by atoms with Gasteiger partial charge in [-0.05, 0) is 62.4 Å². The molecule has 0 aliphatic carbocycles. The molecule has 216 valence electrons. The summed E-state index contributed by atoms with van der Waals surface area (Å²) >= 11 is 0. The molecule has 40 heavy (non-hydrogen) atoms. The van der Waals surface area contributed by atoms with Crippen LogP contribution in [-0.2, 0) is 11.5 Å². The summed E-state index contributed by atoms with van der Waals surface area (Å²) < 4.78 is 74.9. The fourth-order valence-electron chi connectivity index (χ4n) is 5.52. The highest BCUT2D eigenvalue weighted by Gasteiger charge is 2.37. The van der Waals surface area contributed by atoms with E-state index in [2.05, 4.69) is 15.2 Å². The molecule has 1 aliphatic heterocycles. The number of nitrogens with zero attached hydrogens (tertiary/aromatic N) is 2. The van der Waals surface area contributed by atoms with Crippen molar-refractivity contribution in [2.24, 2.45) is 5.41 Å². The summed E-state index contributed by atoms with van der Waals surface area (Å²) in [6.07, 6.45) is 1.08. The number of hydrogen-bond acceptors (Lipinski definition) is 5. The van der Waals surface area contributed by atoms with Crippen LogP contribution in [0.1, 0.15) is 49.4 Å². The first-order valence-electron chi connectivity index (χ1n) is 13.1. The van der Waals surface area contributed by atoms with E-state index in [-0.39, 0.29) is 29.7 Å². The largest absolute Gasteiger partial charge is 0.497 e. The Morgan fingerprint density at radius 2 is 1.88 bits per heavy atom. The molecule has 11 heteroatoms. The van der Waals surface area contributed by atoms with Gasteiger partial charge in [0.15, 0.2) is 17.5 Å². The van der Waals surface area contributed by atoms with E-state index >= 15 is 4.39 Å². The normalized spacial score (nSPS) is 16.1. The predicted octanol–water partition coefficient (Wildman–Crippen LogP) is 6.59. The second-order valence-electron chi connectivity index (χ2n) is 10.3. The number of aliphatic carboxylic acids is 1. The first-order valence-corrected chi connectivity index (χ1v) is 13.1. The summed E-state index contributed by atoms with van der Waals surface area (Å²) in [6.45, 7) is 1.09. The predicted molar refractivity (Wildman–Crippen MR) is 141 cm³/mol. The average molecular weight is 566 g/mol. The van der Waals surface area contributed by atoms with Crippen LogP contribution in [0, 0.1) is 22.9 Å². The molecule has 1 unspecified atom stereocenters. The lowest BCUT2D eigenvalue weighted by Gasteiger charge is -2.41. The number of carbonyl (C=O) groups is 1. The van der Waals surface area contributed by atoms with Crippen LogP contribution >= 0.6 is 0 Å². The minimum atomic E-state index is -1.52. The number of alkyl halides is 2. The van der Waals surface area contributed by atoms with Gasteiger partial charge >= 0.3 is 5.97 Å². The topological polar surface area (TPSA) is 74.7 Å². The Morgan fingerprint density at radius 3 is 2.50 bits per heavy atom. The van der Waals surface area contributed by atoms with Crippen LogP contribution in [0.25, 0.3) is 10.9 Å². The number of likely N-dealkylation sites (tertiary alicyclic amines) is 1. The Bertz CT molecular complexity index is 1320. The molecule has 0 amide bonds. The highest BCUT2D eigenvalue weighted by Crippen LogP contribution is 2.43. The van der Waals surface area contributed by atoms with E-state index in [9.17, 15) is 27.5 Å². The van der Waals surface area contributed by atoms with Crippen LogP contribution in [-0.4, -0.2) is 54.2 Å². The first kappa shape index (κ1) is 29.5. The number of anilines is 1. The van der Waals surface area contributed by atoms with E-state index in [0.717, 1.165) is 12.1 Å². The number of methoxy groups -OCH3 is 1. The van der Waals surface area contributed by atoms with Crippen molar-refractivity contribution in [1.82, 2.24) is 9.88 Å². The van der Waals surface area contributed by atoms with Gasteiger partial charge in [-0.15, -0.1) is 0 Å². The summed E-state index contributed by atoms with van der Waals surface area (Å²) in [4.78, 5) is 18.1. The van der Waals surface area contributed by atoms with E-state index in [1.54, 1.807) is 18.2 Å². The van der Waals surface area contributed by atoms with Crippen molar-refractivity contribution in [1.29, 1.82) is 0 Å². The number of carboxylic acid groups (broad SMARTS) is 1. The number of pyridine rings is 1. The van der Waals surface area contributed by atoms with Crippen molar-refractivity contribution in [3.8, 4) is 5.75 Å². The van der Waals surface area contributed by atoms with E-state index in [0.29, 0.717) is 62.1 Å². The van der Waals surface area contributed by atoms with Gasteiger partial charge in [-0.1, -0.05) is 0 Å². The monoisotopic (exact) mass is 565 g/mol. The quantitative estimate of drug-likeness (QED) is 0.191. The van der Waals surface area contributed by atoms with Gasteiger partial charge < -0.3 is 20.1 Å². The van der Waals surface area contributed by atoms with Gasteiger partial charge in [0.2, 0.25) is 0 Å². The number of benzene rings is 2. The molecule has 0 saturated carbocycles. The molecule has 1 saturated heterocycles. The van der Waals surface area contributed by atoms with Crippen molar-refractivity contribution < 1.29 is 36.6 Å². The second kappa shape index (κ2) is 12.8. The Labute approximate surface area is 229 Å². The van der Waals surface area contributed by atoms with Gasteiger partial charge in [-0.25, -0.2) is 22.0 Å². The Balaban J connectivity index is 1.40. The average Bonchev–Trinajstić information content (AvgIpc) is 2.94. The standard InChI is InChI=1S/C29H32F5N3O3/c1-40-20-2-3-25-21(14-20)27(18(16-30)17-36-25)22(31)4-5-29(15-26(38)39)6-9-37(10-7-29)11-8-35-19-12-23(32)28(34)24(33)13-19/h2-3,12-14,17,22,35H,4-11,15-16H2,1H3,(H,38,39). The molecule has 1 atom stereocenters. The maximum Gasteiger partial charge on any atom is 0.303 e. The van der Waals surface area contributed by atoms with Crippen LogP contribution in [0.15, 0.2) is 36.5 Å². The highest BCUT2D eigenvalue weighted by molar-refractivity contribution is 5.85. The van der Waals surface area contributed by atoms with Crippen molar-refractivity contribution >= 4 is 22.6 Å². The Kier molecular flexibility index (Phi) is 9.44. The van der Waals surface area contributed by atoms with Crippen molar-refractivity contribution in [3.63, 3.8) is 0 Å². The molecule has 2 aromatic carbocycles. The molecule has 2 N–H and O–H groups in total. The fourth-order valence-corrected chi connectivity index (χ4v) is 5.52. The minimum absolute atomic E-state index is 0.0276. The number of aromatic nitrogens is 1. The Hall–Kier alpha value is -3.47. The molecular formula is C29H32F5N3O3.